The van der Waals surface area contributed by atoms with Crippen LogP contribution in [0.15, 0.2) is 42.7 Å². The fraction of sp³-hybridized carbons (Fsp3) is 0.200. The molecule has 0 aliphatic rings. The summed E-state index contributed by atoms with van der Waals surface area (Å²) in [4.78, 5) is 17.0. The third-order valence-electron chi connectivity index (χ3n) is 3.12. The molecule has 0 saturated heterocycles. The maximum atomic E-state index is 11.2. The molecule has 0 bridgehead atoms. The van der Waals surface area contributed by atoms with Crippen molar-refractivity contribution in [3.05, 3.63) is 53.9 Å². The summed E-state index contributed by atoms with van der Waals surface area (Å²) in [6.07, 6.45) is 4.04. The van der Waals surface area contributed by atoms with Crippen LogP contribution in [0.1, 0.15) is 22.8 Å². The Balaban J connectivity index is 2.37. The lowest BCUT2D eigenvalue weighted by Crippen LogP contribution is -2.14. The number of anilines is 2. The normalized spacial score (nSPS) is 10.2. The molecule has 4 heteroatoms. The van der Waals surface area contributed by atoms with E-state index in [4.69, 9.17) is 0 Å². The molecule has 19 heavy (non-hydrogen) atoms. The molecule has 1 aromatic carbocycles. The van der Waals surface area contributed by atoms with Gasteiger partial charge in [0.05, 0.1) is 17.4 Å². The molecule has 0 amide bonds. The number of pyridine rings is 1. The summed E-state index contributed by atoms with van der Waals surface area (Å²) < 4.78 is 0. The second kappa shape index (κ2) is 5.52. The van der Waals surface area contributed by atoms with E-state index < -0.39 is 5.97 Å². The van der Waals surface area contributed by atoms with Crippen LogP contribution in [0.4, 0.5) is 11.4 Å². The highest BCUT2D eigenvalue weighted by molar-refractivity contribution is 5.95. The highest BCUT2D eigenvalue weighted by Gasteiger charge is 2.14. The first-order valence-corrected chi connectivity index (χ1v) is 6.13. The Morgan fingerprint density at radius 1 is 1.26 bits per heavy atom. The third-order valence-corrected chi connectivity index (χ3v) is 3.12. The van der Waals surface area contributed by atoms with Gasteiger partial charge in [-0.3, -0.25) is 4.98 Å². The third kappa shape index (κ3) is 2.73. The predicted molar refractivity (Wildman–Crippen MR) is 75.1 cm³/mol. The summed E-state index contributed by atoms with van der Waals surface area (Å²) in [7, 11) is 1.84. The summed E-state index contributed by atoms with van der Waals surface area (Å²) in [5.41, 5.74) is 3.02. The molecule has 2 aromatic rings. The Hall–Kier alpha value is -2.36. The van der Waals surface area contributed by atoms with Crippen LogP contribution in [0.25, 0.3) is 0 Å². The van der Waals surface area contributed by atoms with Gasteiger partial charge >= 0.3 is 5.97 Å². The Morgan fingerprint density at radius 2 is 1.95 bits per heavy atom. The molecular formula is C15H16N2O2. The maximum Gasteiger partial charge on any atom is 0.337 e. The van der Waals surface area contributed by atoms with Crippen LogP contribution in [0.2, 0.25) is 0 Å². The second-order valence-electron chi connectivity index (χ2n) is 4.28. The van der Waals surface area contributed by atoms with Crippen LogP contribution in [0, 0.1) is 0 Å². The van der Waals surface area contributed by atoms with Crippen LogP contribution >= 0.6 is 0 Å². The van der Waals surface area contributed by atoms with Crippen molar-refractivity contribution in [2.24, 2.45) is 0 Å². The highest BCUT2D eigenvalue weighted by Crippen LogP contribution is 2.26. The van der Waals surface area contributed by atoms with E-state index in [0.29, 0.717) is 5.69 Å². The molecule has 0 fully saturated rings. The molecule has 0 aliphatic heterocycles. The van der Waals surface area contributed by atoms with Gasteiger partial charge in [0, 0.05) is 18.9 Å². The lowest BCUT2D eigenvalue weighted by atomic mass is 10.1. The van der Waals surface area contributed by atoms with Crippen molar-refractivity contribution in [1.82, 2.24) is 4.98 Å². The van der Waals surface area contributed by atoms with Gasteiger partial charge in [0.15, 0.2) is 0 Å². The van der Waals surface area contributed by atoms with Crippen molar-refractivity contribution in [3.63, 3.8) is 0 Å². The van der Waals surface area contributed by atoms with Crippen LogP contribution in [-0.4, -0.2) is 23.1 Å². The number of benzene rings is 1. The van der Waals surface area contributed by atoms with E-state index in [1.807, 2.05) is 36.2 Å². The Labute approximate surface area is 112 Å². The summed E-state index contributed by atoms with van der Waals surface area (Å²) in [6, 6.07) is 9.56. The molecule has 0 aliphatic carbocycles. The smallest absolute Gasteiger partial charge is 0.337 e. The summed E-state index contributed by atoms with van der Waals surface area (Å²) in [5, 5.41) is 9.19. The Bertz CT molecular complexity index is 579. The number of nitrogens with zero attached hydrogens (tertiary/aromatic N) is 2. The molecule has 0 radical (unpaired) electrons. The Kier molecular flexibility index (Phi) is 3.80. The summed E-state index contributed by atoms with van der Waals surface area (Å²) in [6.45, 7) is 2.10. The minimum absolute atomic E-state index is 0.247. The van der Waals surface area contributed by atoms with Crippen molar-refractivity contribution < 1.29 is 9.90 Å². The fourth-order valence-corrected chi connectivity index (χ4v) is 1.93. The van der Waals surface area contributed by atoms with Crippen LogP contribution in [-0.2, 0) is 6.42 Å². The van der Waals surface area contributed by atoms with Crippen molar-refractivity contribution in [2.75, 3.05) is 11.9 Å². The molecule has 0 unspecified atom stereocenters. The SMILES string of the molecule is CCc1ccc(N(C)c2cnccc2C(=O)O)cc1. The van der Waals surface area contributed by atoms with Crippen molar-refractivity contribution >= 4 is 17.3 Å². The van der Waals surface area contributed by atoms with Crippen LogP contribution in [0.5, 0.6) is 0 Å². The van der Waals surface area contributed by atoms with Crippen LogP contribution < -0.4 is 4.90 Å². The molecule has 1 aromatic heterocycles. The summed E-state index contributed by atoms with van der Waals surface area (Å²) >= 11 is 0. The van der Waals surface area contributed by atoms with Gasteiger partial charge in [-0.1, -0.05) is 19.1 Å². The quantitative estimate of drug-likeness (QED) is 0.913. The molecule has 98 valence electrons. The van der Waals surface area contributed by atoms with E-state index in [9.17, 15) is 9.90 Å². The monoisotopic (exact) mass is 256 g/mol. The molecule has 4 nitrogen and oxygen atoms in total. The number of carboxylic acid groups (broad SMARTS) is 1. The van der Waals surface area contributed by atoms with Gasteiger partial charge < -0.3 is 10.0 Å². The standard InChI is InChI=1S/C15H16N2O2/c1-3-11-4-6-12(7-5-11)17(2)14-10-16-9-8-13(14)15(18)19/h4-10H,3H2,1-2H3,(H,18,19). The predicted octanol–water partition coefficient (Wildman–Crippen LogP) is 3.11. The molecule has 0 spiro atoms. The maximum absolute atomic E-state index is 11.2. The molecule has 2 rings (SSSR count). The van der Waals surface area contributed by atoms with Gasteiger partial charge in [-0.25, -0.2) is 4.79 Å². The Morgan fingerprint density at radius 3 is 2.53 bits per heavy atom. The van der Waals surface area contributed by atoms with Crippen LogP contribution in [0.3, 0.4) is 0 Å². The first kappa shape index (κ1) is 13.1. The van der Waals surface area contributed by atoms with Gasteiger partial charge in [-0.2, -0.15) is 0 Å². The lowest BCUT2D eigenvalue weighted by molar-refractivity contribution is 0.0697. The molecule has 0 saturated carbocycles. The molecule has 1 N–H and O–H groups in total. The zero-order valence-electron chi connectivity index (χ0n) is 11.0. The first-order chi connectivity index (χ1) is 9.13. The number of aryl methyl sites for hydroxylation is 1. The minimum Gasteiger partial charge on any atom is -0.478 e. The second-order valence-corrected chi connectivity index (χ2v) is 4.28. The first-order valence-electron chi connectivity index (χ1n) is 6.13. The number of rotatable bonds is 4. The van der Waals surface area contributed by atoms with Gasteiger partial charge in [-0.15, -0.1) is 0 Å². The number of hydrogen-bond acceptors (Lipinski definition) is 3. The van der Waals surface area contributed by atoms with Crippen molar-refractivity contribution in [2.45, 2.75) is 13.3 Å². The van der Waals surface area contributed by atoms with E-state index in [-0.39, 0.29) is 5.56 Å². The number of carbonyl (C=O) groups is 1. The van der Waals surface area contributed by atoms with Gasteiger partial charge in [-0.05, 0) is 30.2 Å². The average Bonchev–Trinajstić information content (AvgIpc) is 2.46. The lowest BCUT2D eigenvalue weighted by Gasteiger charge is -2.21. The van der Waals surface area contributed by atoms with Gasteiger partial charge in [0.2, 0.25) is 0 Å². The average molecular weight is 256 g/mol. The van der Waals surface area contributed by atoms with E-state index >= 15 is 0 Å². The summed E-state index contributed by atoms with van der Waals surface area (Å²) in [5.74, 6) is -0.950. The zero-order chi connectivity index (χ0) is 13.8. The largest absolute Gasteiger partial charge is 0.478 e. The molecule has 1 heterocycles. The van der Waals surface area contributed by atoms with E-state index in [1.165, 1.54) is 17.8 Å². The topological polar surface area (TPSA) is 53.4 Å². The highest BCUT2D eigenvalue weighted by atomic mass is 16.4. The number of aromatic carboxylic acids is 1. The molecule has 0 atom stereocenters. The van der Waals surface area contributed by atoms with Gasteiger partial charge in [0.25, 0.3) is 0 Å². The minimum atomic E-state index is -0.950. The number of carboxylic acids is 1. The molecular weight excluding hydrogens is 240 g/mol. The number of hydrogen-bond donors (Lipinski definition) is 1. The van der Waals surface area contributed by atoms with Crippen molar-refractivity contribution in [3.8, 4) is 0 Å². The van der Waals surface area contributed by atoms with Crippen molar-refractivity contribution in [1.29, 1.82) is 0 Å². The zero-order valence-corrected chi connectivity index (χ0v) is 11.0. The van der Waals surface area contributed by atoms with Gasteiger partial charge in [0.1, 0.15) is 0 Å². The fourth-order valence-electron chi connectivity index (χ4n) is 1.93. The van der Waals surface area contributed by atoms with E-state index in [2.05, 4.69) is 11.9 Å². The number of aromatic nitrogens is 1. The van der Waals surface area contributed by atoms with E-state index in [1.54, 1.807) is 6.20 Å². The van der Waals surface area contributed by atoms with E-state index in [0.717, 1.165) is 12.1 Å².